The molecule has 2 fully saturated rings. The molecule has 2 heterocycles. The minimum atomic E-state index is -0.334. The lowest BCUT2D eigenvalue weighted by atomic mass is 9.90. The Morgan fingerprint density at radius 1 is 1.32 bits per heavy atom. The quantitative estimate of drug-likeness (QED) is 0.862. The molecule has 1 unspecified atom stereocenters. The Bertz CT molecular complexity index is 661. The summed E-state index contributed by atoms with van der Waals surface area (Å²) < 4.78 is 5.95. The molecule has 136 valence electrons. The summed E-state index contributed by atoms with van der Waals surface area (Å²) in [6, 6.07) is 7.34. The van der Waals surface area contributed by atoms with E-state index in [9.17, 15) is 9.59 Å². The molecular formula is C18H24ClN3O3. The summed E-state index contributed by atoms with van der Waals surface area (Å²) in [6.07, 6.45) is 1.08. The summed E-state index contributed by atoms with van der Waals surface area (Å²) in [4.78, 5) is 28.0. The number of carbonyl (C=O) groups is 2. The van der Waals surface area contributed by atoms with Crippen LogP contribution in [0.25, 0.3) is 0 Å². The van der Waals surface area contributed by atoms with E-state index in [0.717, 1.165) is 5.56 Å². The second-order valence-corrected chi connectivity index (χ2v) is 7.29. The predicted molar refractivity (Wildman–Crippen MR) is 95.5 cm³/mol. The Kier molecular flexibility index (Phi) is 5.32. The van der Waals surface area contributed by atoms with E-state index >= 15 is 0 Å². The van der Waals surface area contributed by atoms with Crippen molar-refractivity contribution in [1.82, 2.24) is 15.1 Å². The third kappa shape index (κ3) is 3.81. The van der Waals surface area contributed by atoms with Crippen LogP contribution in [0.2, 0.25) is 5.02 Å². The molecule has 1 aromatic carbocycles. The molecule has 1 aromatic rings. The lowest BCUT2D eigenvalue weighted by molar-refractivity contribution is -0.201. The normalized spacial score (nSPS) is 22.5. The monoisotopic (exact) mass is 365 g/mol. The number of morpholine rings is 1. The van der Waals surface area contributed by atoms with Gasteiger partial charge in [0.05, 0.1) is 19.7 Å². The predicted octanol–water partition coefficient (Wildman–Crippen LogP) is 0.930. The smallest absolute Gasteiger partial charge is 0.239 e. The van der Waals surface area contributed by atoms with Crippen molar-refractivity contribution in [2.24, 2.45) is 0 Å². The Morgan fingerprint density at radius 3 is 2.68 bits per heavy atom. The van der Waals surface area contributed by atoms with E-state index in [1.165, 1.54) is 0 Å². The number of aryl methyl sites for hydroxylation is 1. The first-order valence-corrected chi connectivity index (χ1v) is 8.89. The number of nitrogens with zero attached hydrogens (tertiary/aromatic N) is 2. The van der Waals surface area contributed by atoms with E-state index in [0.29, 0.717) is 44.1 Å². The van der Waals surface area contributed by atoms with Crippen molar-refractivity contribution in [3.05, 3.63) is 34.9 Å². The molecule has 7 heteroatoms. The highest BCUT2D eigenvalue weighted by Gasteiger charge is 2.50. The lowest BCUT2D eigenvalue weighted by Gasteiger charge is -2.54. The van der Waals surface area contributed by atoms with Crippen molar-refractivity contribution in [2.75, 3.05) is 40.3 Å². The maximum Gasteiger partial charge on any atom is 0.239 e. The molecular weight excluding hydrogens is 342 g/mol. The van der Waals surface area contributed by atoms with Crippen molar-refractivity contribution in [1.29, 1.82) is 0 Å². The fourth-order valence-electron chi connectivity index (χ4n) is 3.55. The number of amides is 2. The summed E-state index contributed by atoms with van der Waals surface area (Å²) in [5, 5.41) is 3.36. The van der Waals surface area contributed by atoms with E-state index in [2.05, 4.69) is 5.32 Å². The van der Waals surface area contributed by atoms with E-state index in [4.69, 9.17) is 16.3 Å². The van der Waals surface area contributed by atoms with Crippen LogP contribution in [-0.4, -0.2) is 73.6 Å². The van der Waals surface area contributed by atoms with Gasteiger partial charge in [-0.15, -0.1) is 0 Å². The molecule has 0 saturated carbocycles. The van der Waals surface area contributed by atoms with Crippen LogP contribution in [0.5, 0.6) is 0 Å². The van der Waals surface area contributed by atoms with E-state index in [1.807, 2.05) is 41.1 Å². The zero-order valence-corrected chi connectivity index (χ0v) is 15.4. The summed E-state index contributed by atoms with van der Waals surface area (Å²) in [5.74, 6) is 0.0783. The SMILES string of the molecule is CNC(=O)C1COC2(CN(C(=O)CCc3ccccc3Cl)C2)CN1C. The first-order valence-electron chi connectivity index (χ1n) is 8.51. The zero-order chi connectivity index (χ0) is 18.0. The molecule has 0 bridgehead atoms. The van der Waals surface area contributed by atoms with E-state index in [1.54, 1.807) is 7.05 Å². The number of halogens is 1. The Morgan fingerprint density at radius 2 is 2.04 bits per heavy atom. The number of hydrogen-bond donors (Lipinski definition) is 1. The van der Waals surface area contributed by atoms with Crippen LogP contribution in [0.4, 0.5) is 0 Å². The van der Waals surface area contributed by atoms with Gasteiger partial charge in [-0.05, 0) is 25.1 Å². The fraction of sp³-hybridized carbons (Fsp3) is 0.556. The van der Waals surface area contributed by atoms with E-state index < -0.39 is 0 Å². The van der Waals surface area contributed by atoms with Gasteiger partial charge >= 0.3 is 0 Å². The molecule has 0 radical (unpaired) electrons. The number of nitrogens with one attached hydrogen (secondary N) is 1. The molecule has 1 atom stereocenters. The van der Waals surface area contributed by atoms with Crippen LogP contribution in [0.15, 0.2) is 24.3 Å². The molecule has 0 aliphatic carbocycles. The highest BCUT2D eigenvalue weighted by molar-refractivity contribution is 6.31. The van der Waals surface area contributed by atoms with Crippen molar-refractivity contribution in [3.8, 4) is 0 Å². The minimum Gasteiger partial charge on any atom is -0.368 e. The fourth-order valence-corrected chi connectivity index (χ4v) is 3.78. The Hall–Kier alpha value is -1.63. The Labute approximate surface area is 153 Å². The number of hydrogen-bond acceptors (Lipinski definition) is 4. The van der Waals surface area contributed by atoms with Crippen LogP contribution < -0.4 is 5.32 Å². The molecule has 2 aliphatic heterocycles. The van der Waals surface area contributed by atoms with Gasteiger partial charge in [0.15, 0.2) is 0 Å². The van der Waals surface area contributed by atoms with Gasteiger partial charge in [-0.25, -0.2) is 0 Å². The molecule has 2 amide bonds. The number of carbonyl (C=O) groups excluding carboxylic acids is 2. The number of benzene rings is 1. The van der Waals surface area contributed by atoms with Crippen molar-refractivity contribution < 1.29 is 14.3 Å². The van der Waals surface area contributed by atoms with Crippen molar-refractivity contribution in [2.45, 2.75) is 24.5 Å². The summed E-state index contributed by atoms with van der Waals surface area (Å²) in [7, 11) is 3.55. The van der Waals surface area contributed by atoms with Gasteiger partial charge in [-0.1, -0.05) is 29.8 Å². The molecule has 2 saturated heterocycles. The van der Waals surface area contributed by atoms with Crippen LogP contribution in [0, 0.1) is 0 Å². The molecule has 2 aliphatic rings. The van der Waals surface area contributed by atoms with Gasteiger partial charge in [0.1, 0.15) is 11.6 Å². The molecule has 0 aromatic heterocycles. The van der Waals surface area contributed by atoms with E-state index in [-0.39, 0.29) is 23.5 Å². The third-order valence-electron chi connectivity index (χ3n) is 5.04. The van der Waals surface area contributed by atoms with Gasteiger partial charge in [0.2, 0.25) is 11.8 Å². The first kappa shape index (κ1) is 18.2. The summed E-state index contributed by atoms with van der Waals surface area (Å²) >= 11 is 6.14. The topological polar surface area (TPSA) is 61.9 Å². The zero-order valence-electron chi connectivity index (χ0n) is 14.6. The van der Waals surface area contributed by atoms with Crippen LogP contribution in [0.3, 0.4) is 0 Å². The maximum atomic E-state index is 12.4. The van der Waals surface area contributed by atoms with Crippen molar-refractivity contribution in [3.63, 3.8) is 0 Å². The molecule has 1 N–H and O–H groups in total. The second-order valence-electron chi connectivity index (χ2n) is 6.88. The van der Waals surface area contributed by atoms with Gasteiger partial charge in [-0.3, -0.25) is 14.5 Å². The number of rotatable bonds is 4. The molecule has 3 rings (SSSR count). The average molecular weight is 366 g/mol. The van der Waals surface area contributed by atoms with Crippen molar-refractivity contribution >= 4 is 23.4 Å². The maximum absolute atomic E-state index is 12.4. The molecule has 1 spiro atoms. The van der Waals surface area contributed by atoms with Gasteiger partial charge in [0, 0.05) is 25.0 Å². The average Bonchev–Trinajstić information content (AvgIpc) is 2.58. The van der Waals surface area contributed by atoms with Gasteiger partial charge in [0.25, 0.3) is 0 Å². The number of ether oxygens (including phenoxy) is 1. The third-order valence-corrected chi connectivity index (χ3v) is 5.41. The highest BCUT2D eigenvalue weighted by atomic mass is 35.5. The van der Waals surface area contributed by atoms with Crippen LogP contribution in [0.1, 0.15) is 12.0 Å². The van der Waals surface area contributed by atoms with Crippen LogP contribution in [-0.2, 0) is 20.7 Å². The standard InChI is InChI=1S/C18H24ClN3O3/c1-20-17(24)15-9-25-18(10-21(15)2)11-22(12-18)16(23)8-7-13-5-3-4-6-14(13)19/h3-6,15H,7-12H2,1-2H3,(H,20,24). The first-order chi connectivity index (χ1) is 11.9. The lowest BCUT2D eigenvalue weighted by Crippen LogP contribution is -2.73. The largest absolute Gasteiger partial charge is 0.368 e. The van der Waals surface area contributed by atoms with Crippen LogP contribution >= 0.6 is 11.6 Å². The highest BCUT2D eigenvalue weighted by Crippen LogP contribution is 2.31. The minimum absolute atomic E-state index is 0.0376. The Balaban J connectivity index is 1.48. The molecule has 6 nitrogen and oxygen atoms in total. The number of likely N-dealkylation sites (N-methyl/N-ethyl adjacent to an activating group) is 2. The molecule has 25 heavy (non-hydrogen) atoms. The number of likely N-dealkylation sites (tertiary alicyclic amines) is 1. The van der Waals surface area contributed by atoms with Gasteiger partial charge < -0.3 is 15.0 Å². The van der Waals surface area contributed by atoms with Gasteiger partial charge in [-0.2, -0.15) is 0 Å². The summed E-state index contributed by atoms with van der Waals surface area (Å²) in [5.41, 5.74) is 0.661. The second kappa shape index (κ2) is 7.32. The summed E-state index contributed by atoms with van der Waals surface area (Å²) in [6.45, 7) is 2.18.